The van der Waals surface area contributed by atoms with Gasteiger partial charge in [-0.2, -0.15) is 0 Å². The van der Waals surface area contributed by atoms with E-state index in [0.29, 0.717) is 0 Å². The SMILES string of the molecule is c1ccc(-c2ccc(N(c3ccc4c(c3)oc3ccccc34)c3cccc(-c4cc5ccccc5c5ccccc45)c3-c3ccccc3)cc2)cc1. The van der Waals surface area contributed by atoms with Crippen LogP contribution in [0.15, 0.2) is 205 Å². The lowest BCUT2D eigenvalue weighted by Crippen LogP contribution is -2.11. The van der Waals surface area contributed by atoms with Gasteiger partial charge in [0.2, 0.25) is 0 Å². The van der Waals surface area contributed by atoms with Gasteiger partial charge in [0, 0.05) is 33.8 Å². The second kappa shape index (κ2) is 12.5. The van der Waals surface area contributed by atoms with Gasteiger partial charge in [0.05, 0.1) is 5.69 Å². The number of fused-ring (bicyclic) bond motifs is 6. The number of hydrogen-bond acceptors (Lipinski definition) is 2. The van der Waals surface area contributed by atoms with Crippen molar-refractivity contribution in [3.8, 4) is 33.4 Å². The van der Waals surface area contributed by atoms with Crippen LogP contribution in [0, 0.1) is 0 Å². The predicted octanol–water partition coefficient (Wildman–Crippen LogP) is 14.4. The Morgan fingerprint density at radius 1 is 0.327 bits per heavy atom. The van der Waals surface area contributed by atoms with Crippen LogP contribution in [0.5, 0.6) is 0 Å². The Morgan fingerprint density at radius 3 is 1.71 bits per heavy atom. The molecule has 0 unspecified atom stereocenters. The number of rotatable bonds is 6. The minimum absolute atomic E-state index is 0.863. The van der Waals surface area contributed by atoms with Crippen molar-refractivity contribution in [3.05, 3.63) is 200 Å². The minimum atomic E-state index is 0.863. The van der Waals surface area contributed by atoms with E-state index in [0.717, 1.165) is 44.6 Å². The monoisotopic (exact) mass is 663 g/mol. The Labute approximate surface area is 302 Å². The molecule has 0 aliphatic rings. The standard InChI is InChI=1S/C50H33NO/c1-3-14-34(15-4-1)35-26-28-38(29-27-35)51(39-30-31-44-43-22-11-12-25-48(43)52-49(44)33-39)47-24-13-23-45(50(47)36-16-5-2-6-17-36)46-32-37-18-7-8-19-40(37)41-20-9-10-21-42(41)46/h1-33H. The van der Waals surface area contributed by atoms with Crippen LogP contribution in [0.2, 0.25) is 0 Å². The molecule has 0 bridgehead atoms. The van der Waals surface area contributed by atoms with Crippen molar-refractivity contribution in [1.29, 1.82) is 0 Å². The van der Waals surface area contributed by atoms with E-state index in [4.69, 9.17) is 4.42 Å². The van der Waals surface area contributed by atoms with Gasteiger partial charge >= 0.3 is 0 Å². The molecule has 0 saturated carbocycles. The zero-order valence-electron chi connectivity index (χ0n) is 28.4. The smallest absolute Gasteiger partial charge is 0.137 e. The van der Waals surface area contributed by atoms with Crippen molar-refractivity contribution in [2.75, 3.05) is 4.90 Å². The van der Waals surface area contributed by atoms with Gasteiger partial charge in [0.1, 0.15) is 11.2 Å². The summed E-state index contributed by atoms with van der Waals surface area (Å²) in [6.45, 7) is 0. The van der Waals surface area contributed by atoms with E-state index < -0.39 is 0 Å². The van der Waals surface area contributed by atoms with Crippen LogP contribution in [0.4, 0.5) is 17.1 Å². The highest BCUT2D eigenvalue weighted by Crippen LogP contribution is 2.48. The molecule has 0 atom stereocenters. The second-order valence-corrected chi connectivity index (χ2v) is 13.3. The maximum Gasteiger partial charge on any atom is 0.137 e. The molecule has 244 valence electrons. The fourth-order valence-corrected chi connectivity index (χ4v) is 7.85. The Bertz CT molecular complexity index is 2890. The van der Waals surface area contributed by atoms with Gasteiger partial charge in [-0.25, -0.2) is 0 Å². The Hall–Kier alpha value is -6.90. The van der Waals surface area contributed by atoms with Crippen molar-refractivity contribution in [2.45, 2.75) is 0 Å². The van der Waals surface area contributed by atoms with E-state index in [2.05, 4.69) is 193 Å². The third kappa shape index (κ3) is 5.04. The Kier molecular flexibility index (Phi) is 7.18. The second-order valence-electron chi connectivity index (χ2n) is 13.3. The zero-order chi connectivity index (χ0) is 34.4. The van der Waals surface area contributed by atoms with Crippen LogP contribution < -0.4 is 4.90 Å². The fourth-order valence-electron chi connectivity index (χ4n) is 7.85. The van der Waals surface area contributed by atoms with E-state index >= 15 is 0 Å². The van der Waals surface area contributed by atoms with Gasteiger partial charge in [0.25, 0.3) is 0 Å². The van der Waals surface area contributed by atoms with Gasteiger partial charge < -0.3 is 9.32 Å². The molecule has 9 aromatic carbocycles. The largest absolute Gasteiger partial charge is 0.456 e. The molecular weight excluding hydrogens is 631 g/mol. The predicted molar refractivity (Wildman–Crippen MR) is 220 cm³/mol. The molecule has 0 amide bonds. The van der Waals surface area contributed by atoms with E-state index in [1.165, 1.54) is 49.4 Å². The van der Waals surface area contributed by atoms with E-state index in [1.54, 1.807) is 0 Å². The first-order valence-electron chi connectivity index (χ1n) is 17.8. The highest BCUT2D eigenvalue weighted by Gasteiger charge is 2.23. The summed E-state index contributed by atoms with van der Waals surface area (Å²) in [5.41, 5.74) is 12.0. The lowest BCUT2D eigenvalue weighted by molar-refractivity contribution is 0.669. The van der Waals surface area contributed by atoms with Crippen LogP contribution in [0.1, 0.15) is 0 Å². The van der Waals surface area contributed by atoms with Crippen molar-refractivity contribution < 1.29 is 4.42 Å². The molecule has 0 radical (unpaired) electrons. The summed E-state index contributed by atoms with van der Waals surface area (Å²) in [4.78, 5) is 2.39. The molecule has 0 spiro atoms. The number of hydrogen-bond donors (Lipinski definition) is 0. The molecule has 10 rings (SSSR count). The Morgan fingerprint density at radius 2 is 0.923 bits per heavy atom. The summed E-state index contributed by atoms with van der Waals surface area (Å²) in [6.07, 6.45) is 0. The highest BCUT2D eigenvalue weighted by atomic mass is 16.3. The molecule has 52 heavy (non-hydrogen) atoms. The van der Waals surface area contributed by atoms with Crippen LogP contribution in [-0.2, 0) is 0 Å². The normalized spacial score (nSPS) is 11.5. The zero-order valence-corrected chi connectivity index (χ0v) is 28.4. The third-order valence-corrected chi connectivity index (χ3v) is 10.3. The summed E-state index contributed by atoms with van der Waals surface area (Å²) < 4.78 is 6.46. The number of furan rings is 1. The van der Waals surface area contributed by atoms with Gasteiger partial charge in [-0.3, -0.25) is 0 Å². The minimum Gasteiger partial charge on any atom is -0.456 e. The molecule has 2 heteroatoms. The highest BCUT2D eigenvalue weighted by molar-refractivity contribution is 6.16. The molecule has 0 saturated heterocycles. The molecular formula is C50H33NO. The topological polar surface area (TPSA) is 16.4 Å². The molecule has 1 heterocycles. The van der Waals surface area contributed by atoms with Gasteiger partial charge in [0.15, 0.2) is 0 Å². The lowest BCUT2D eigenvalue weighted by Gasteiger charge is -2.29. The van der Waals surface area contributed by atoms with Crippen LogP contribution in [0.25, 0.3) is 76.9 Å². The van der Waals surface area contributed by atoms with Crippen molar-refractivity contribution in [2.24, 2.45) is 0 Å². The van der Waals surface area contributed by atoms with Crippen LogP contribution in [-0.4, -0.2) is 0 Å². The maximum absolute atomic E-state index is 6.46. The summed E-state index contributed by atoms with van der Waals surface area (Å²) in [6, 6.07) is 71.8. The molecule has 1 aromatic heterocycles. The first kappa shape index (κ1) is 30.0. The third-order valence-electron chi connectivity index (χ3n) is 10.3. The molecule has 0 N–H and O–H groups in total. The molecule has 0 aliphatic heterocycles. The molecule has 0 aliphatic carbocycles. The fraction of sp³-hybridized carbons (Fsp3) is 0. The van der Waals surface area contributed by atoms with Crippen molar-refractivity contribution >= 4 is 60.5 Å². The summed E-state index contributed by atoms with van der Waals surface area (Å²) in [5.74, 6) is 0. The molecule has 10 aromatic rings. The lowest BCUT2D eigenvalue weighted by atomic mass is 9.87. The average molecular weight is 664 g/mol. The van der Waals surface area contributed by atoms with Crippen LogP contribution >= 0.6 is 0 Å². The van der Waals surface area contributed by atoms with E-state index in [1.807, 2.05) is 12.1 Å². The van der Waals surface area contributed by atoms with Gasteiger partial charge in [-0.05, 0) is 91.8 Å². The summed E-state index contributed by atoms with van der Waals surface area (Å²) in [7, 11) is 0. The first-order chi connectivity index (χ1) is 25.8. The molecule has 0 fully saturated rings. The van der Waals surface area contributed by atoms with Crippen molar-refractivity contribution in [1.82, 2.24) is 0 Å². The summed E-state index contributed by atoms with van der Waals surface area (Å²) in [5, 5.41) is 7.21. The quantitative estimate of drug-likeness (QED) is 0.165. The van der Waals surface area contributed by atoms with Crippen LogP contribution in [0.3, 0.4) is 0 Å². The van der Waals surface area contributed by atoms with Gasteiger partial charge in [-0.15, -0.1) is 0 Å². The average Bonchev–Trinajstić information content (AvgIpc) is 3.59. The first-order valence-corrected chi connectivity index (χ1v) is 17.8. The number of anilines is 3. The number of benzene rings is 9. The maximum atomic E-state index is 6.46. The Balaban J connectivity index is 1.26. The van der Waals surface area contributed by atoms with E-state index in [9.17, 15) is 0 Å². The van der Waals surface area contributed by atoms with Crippen molar-refractivity contribution in [3.63, 3.8) is 0 Å². The number of nitrogens with zero attached hydrogens (tertiary/aromatic N) is 1. The number of para-hydroxylation sites is 1. The summed E-state index contributed by atoms with van der Waals surface area (Å²) >= 11 is 0. The van der Waals surface area contributed by atoms with Gasteiger partial charge in [-0.1, -0.05) is 152 Å². The van der Waals surface area contributed by atoms with E-state index in [-0.39, 0.29) is 0 Å². The molecule has 2 nitrogen and oxygen atoms in total.